The second kappa shape index (κ2) is 12.2. The van der Waals surface area contributed by atoms with Crippen LogP contribution in [0.1, 0.15) is 22.3 Å². The lowest BCUT2D eigenvalue weighted by Crippen LogP contribution is -1.95. The van der Waals surface area contributed by atoms with Crippen molar-refractivity contribution in [2.75, 3.05) is 0 Å². The molecule has 6 rings (SSSR count). The highest BCUT2D eigenvalue weighted by atomic mass is 16.5. The summed E-state index contributed by atoms with van der Waals surface area (Å²) in [6.45, 7) is 0. The van der Waals surface area contributed by atoms with Gasteiger partial charge < -0.3 is 9.47 Å². The number of hydrogen-bond acceptors (Lipinski definition) is 2. The van der Waals surface area contributed by atoms with Crippen molar-refractivity contribution in [2.45, 2.75) is 12.8 Å². The van der Waals surface area contributed by atoms with Crippen LogP contribution in [0.2, 0.25) is 0 Å². The lowest BCUT2D eigenvalue weighted by atomic mass is 9.94. The van der Waals surface area contributed by atoms with E-state index in [4.69, 9.17) is 9.47 Å². The number of para-hydroxylation sites is 2. The summed E-state index contributed by atoms with van der Waals surface area (Å²) in [5.41, 5.74) is 7.54. The van der Waals surface area contributed by atoms with Crippen LogP contribution in [0.25, 0.3) is 11.1 Å². The summed E-state index contributed by atoms with van der Waals surface area (Å²) < 4.78 is 12.0. The SMILES string of the molecule is c1ccc(Oc2ccc(Cc3cc(Cc4ccc(Oc5ccccc5)cc4)cc(-c4ccccc4)c3)cc2)cc1. The average Bonchev–Trinajstić information content (AvgIpc) is 3.01. The Kier molecular flexibility index (Phi) is 7.68. The Hall–Kier alpha value is -5.08. The molecule has 0 aliphatic rings. The van der Waals surface area contributed by atoms with Crippen molar-refractivity contribution in [3.05, 3.63) is 180 Å². The predicted molar refractivity (Wildman–Crippen MR) is 163 cm³/mol. The summed E-state index contributed by atoms with van der Waals surface area (Å²) in [7, 11) is 0. The smallest absolute Gasteiger partial charge is 0.127 e. The maximum Gasteiger partial charge on any atom is 0.127 e. The first-order valence-electron chi connectivity index (χ1n) is 13.6. The fourth-order valence-corrected chi connectivity index (χ4v) is 4.84. The molecule has 0 bridgehead atoms. The summed E-state index contributed by atoms with van der Waals surface area (Å²) in [4.78, 5) is 0. The number of rotatable bonds is 9. The monoisotopic (exact) mass is 518 g/mol. The van der Waals surface area contributed by atoms with E-state index < -0.39 is 0 Å². The third-order valence-corrected chi connectivity index (χ3v) is 6.78. The van der Waals surface area contributed by atoms with E-state index in [9.17, 15) is 0 Å². The number of ether oxygens (including phenoxy) is 2. The van der Waals surface area contributed by atoms with Crippen LogP contribution >= 0.6 is 0 Å². The molecule has 0 heterocycles. The molecule has 2 heteroatoms. The fourth-order valence-electron chi connectivity index (χ4n) is 4.84. The van der Waals surface area contributed by atoms with Gasteiger partial charge in [-0.15, -0.1) is 0 Å². The lowest BCUT2D eigenvalue weighted by Gasteiger charge is -2.12. The molecule has 0 radical (unpaired) electrons. The third kappa shape index (κ3) is 6.67. The molecule has 0 N–H and O–H groups in total. The van der Waals surface area contributed by atoms with Gasteiger partial charge >= 0.3 is 0 Å². The highest BCUT2D eigenvalue weighted by molar-refractivity contribution is 5.65. The van der Waals surface area contributed by atoms with Gasteiger partial charge in [0, 0.05) is 0 Å². The van der Waals surface area contributed by atoms with Crippen molar-refractivity contribution in [1.29, 1.82) is 0 Å². The van der Waals surface area contributed by atoms with E-state index in [0.717, 1.165) is 35.8 Å². The van der Waals surface area contributed by atoms with Crippen LogP contribution in [0, 0.1) is 0 Å². The van der Waals surface area contributed by atoms with E-state index in [0.29, 0.717) is 0 Å². The first-order chi connectivity index (χ1) is 19.8. The number of benzene rings is 6. The first kappa shape index (κ1) is 25.2. The zero-order chi connectivity index (χ0) is 27.0. The van der Waals surface area contributed by atoms with Gasteiger partial charge in [-0.05, 0) is 94.8 Å². The topological polar surface area (TPSA) is 18.5 Å². The zero-order valence-corrected chi connectivity index (χ0v) is 22.2. The summed E-state index contributed by atoms with van der Waals surface area (Å²) in [6.07, 6.45) is 1.70. The zero-order valence-electron chi connectivity index (χ0n) is 22.2. The van der Waals surface area contributed by atoms with Crippen LogP contribution in [0.15, 0.2) is 158 Å². The van der Waals surface area contributed by atoms with Gasteiger partial charge in [0.1, 0.15) is 23.0 Å². The summed E-state index contributed by atoms with van der Waals surface area (Å²) in [6, 6.07) is 54.1. The standard InChI is InChI=1S/C38H30O2/c1-4-10-33(11-5-1)34-27-31(24-29-16-20-37(21-17-29)39-35-12-6-2-7-13-35)26-32(28-34)25-30-18-22-38(23-19-30)40-36-14-8-3-9-15-36/h1-23,26-28H,24-25H2. The van der Waals surface area contributed by atoms with Crippen LogP contribution in [0.3, 0.4) is 0 Å². The molecule has 0 atom stereocenters. The minimum absolute atomic E-state index is 0.841. The second-order valence-electron chi connectivity index (χ2n) is 9.88. The van der Waals surface area contributed by atoms with Crippen LogP contribution in [-0.2, 0) is 12.8 Å². The average molecular weight is 519 g/mol. The Morgan fingerprint density at radius 1 is 0.300 bits per heavy atom. The largest absolute Gasteiger partial charge is 0.457 e. The molecular weight excluding hydrogens is 488 g/mol. The van der Waals surface area contributed by atoms with E-state index >= 15 is 0 Å². The second-order valence-corrected chi connectivity index (χ2v) is 9.88. The minimum atomic E-state index is 0.841. The molecule has 194 valence electrons. The molecule has 40 heavy (non-hydrogen) atoms. The molecule has 2 nitrogen and oxygen atoms in total. The Morgan fingerprint density at radius 3 is 1.10 bits per heavy atom. The van der Waals surface area contributed by atoms with Crippen molar-refractivity contribution in [2.24, 2.45) is 0 Å². The molecule has 6 aromatic carbocycles. The van der Waals surface area contributed by atoms with E-state index in [2.05, 4.69) is 72.8 Å². The van der Waals surface area contributed by atoms with Gasteiger partial charge in [-0.3, -0.25) is 0 Å². The molecule has 6 aromatic rings. The fraction of sp³-hybridized carbons (Fsp3) is 0.0526. The molecule has 0 aromatic heterocycles. The highest BCUT2D eigenvalue weighted by Gasteiger charge is 2.07. The molecule has 0 amide bonds. The van der Waals surface area contributed by atoms with Gasteiger partial charge in [0.05, 0.1) is 0 Å². The van der Waals surface area contributed by atoms with Gasteiger partial charge in [0.2, 0.25) is 0 Å². The van der Waals surface area contributed by atoms with Crippen LogP contribution < -0.4 is 9.47 Å². The van der Waals surface area contributed by atoms with Crippen molar-refractivity contribution >= 4 is 0 Å². The molecule has 0 spiro atoms. The molecule has 0 saturated carbocycles. The molecular formula is C38H30O2. The highest BCUT2D eigenvalue weighted by Crippen LogP contribution is 2.28. The molecule has 0 saturated heterocycles. The Balaban J connectivity index is 1.21. The van der Waals surface area contributed by atoms with Crippen molar-refractivity contribution < 1.29 is 9.47 Å². The molecule has 0 aliphatic heterocycles. The van der Waals surface area contributed by atoms with Gasteiger partial charge in [-0.25, -0.2) is 0 Å². The van der Waals surface area contributed by atoms with E-state index in [-0.39, 0.29) is 0 Å². The van der Waals surface area contributed by atoms with Gasteiger partial charge in [0.25, 0.3) is 0 Å². The Bertz CT molecular complexity index is 1540. The Morgan fingerprint density at radius 2 is 0.675 bits per heavy atom. The first-order valence-corrected chi connectivity index (χ1v) is 13.6. The van der Waals surface area contributed by atoms with Crippen molar-refractivity contribution in [1.82, 2.24) is 0 Å². The van der Waals surface area contributed by atoms with Crippen LogP contribution in [-0.4, -0.2) is 0 Å². The predicted octanol–water partition coefficient (Wildman–Crippen LogP) is 10.1. The normalized spacial score (nSPS) is 10.7. The van der Waals surface area contributed by atoms with Gasteiger partial charge in [0.15, 0.2) is 0 Å². The molecule has 0 unspecified atom stereocenters. The van der Waals surface area contributed by atoms with E-state index in [1.807, 2.05) is 84.9 Å². The van der Waals surface area contributed by atoms with Crippen molar-refractivity contribution in [3.63, 3.8) is 0 Å². The lowest BCUT2D eigenvalue weighted by molar-refractivity contribution is 0.482. The van der Waals surface area contributed by atoms with Gasteiger partial charge in [-0.2, -0.15) is 0 Å². The third-order valence-electron chi connectivity index (χ3n) is 6.78. The van der Waals surface area contributed by atoms with Gasteiger partial charge in [-0.1, -0.05) is 109 Å². The number of hydrogen-bond donors (Lipinski definition) is 0. The van der Waals surface area contributed by atoms with E-state index in [1.165, 1.54) is 33.4 Å². The maximum absolute atomic E-state index is 5.98. The molecule has 0 fully saturated rings. The van der Waals surface area contributed by atoms with Crippen LogP contribution in [0.5, 0.6) is 23.0 Å². The minimum Gasteiger partial charge on any atom is -0.457 e. The maximum atomic E-state index is 5.98. The Labute approximate surface area is 236 Å². The molecule has 0 aliphatic carbocycles. The summed E-state index contributed by atoms with van der Waals surface area (Å²) in [5, 5.41) is 0. The quantitative estimate of drug-likeness (QED) is 0.190. The summed E-state index contributed by atoms with van der Waals surface area (Å²) in [5.74, 6) is 3.37. The summed E-state index contributed by atoms with van der Waals surface area (Å²) >= 11 is 0. The van der Waals surface area contributed by atoms with E-state index in [1.54, 1.807) is 0 Å². The van der Waals surface area contributed by atoms with Crippen LogP contribution in [0.4, 0.5) is 0 Å². The van der Waals surface area contributed by atoms with Crippen molar-refractivity contribution in [3.8, 4) is 34.1 Å².